The molecule has 3 nitrogen and oxygen atoms in total. The number of ether oxygens (including phenoxy) is 1. The summed E-state index contributed by atoms with van der Waals surface area (Å²) in [4.78, 5) is 11.8. The third-order valence-corrected chi connectivity index (χ3v) is 3.54. The van der Waals surface area contributed by atoms with Crippen LogP contribution in [-0.4, -0.2) is 23.3 Å². The van der Waals surface area contributed by atoms with Crippen LogP contribution in [0.4, 0.5) is 0 Å². The number of aliphatic hydroxyl groups excluding tert-OH is 1. The first-order chi connectivity index (χ1) is 10.2. The van der Waals surface area contributed by atoms with Gasteiger partial charge in [-0.05, 0) is 38.5 Å². The Morgan fingerprint density at radius 1 is 1.14 bits per heavy atom. The Morgan fingerprint density at radius 3 is 2.52 bits per heavy atom. The first-order valence-corrected chi connectivity index (χ1v) is 8.06. The lowest BCUT2D eigenvalue weighted by molar-refractivity contribution is -0.155. The van der Waals surface area contributed by atoms with Gasteiger partial charge < -0.3 is 9.84 Å². The first kappa shape index (κ1) is 17.7. The van der Waals surface area contributed by atoms with Gasteiger partial charge in [0.2, 0.25) is 0 Å². The van der Waals surface area contributed by atoms with E-state index in [1.165, 1.54) is 0 Å². The molecule has 118 valence electrons. The van der Waals surface area contributed by atoms with Gasteiger partial charge in [-0.3, -0.25) is 4.79 Å². The molecule has 0 spiro atoms. The molecule has 3 heteroatoms. The van der Waals surface area contributed by atoms with Crippen LogP contribution in [0.2, 0.25) is 0 Å². The monoisotopic (exact) mass is 292 g/mol. The summed E-state index contributed by atoms with van der Waals surface area (Å²) in [5, 5.41) is 9.95. The number of aliphatic hydroxyl groups is 1. The molecule has 0 radical (unpaired) electrons. The molecule has 0 fully saturated rings. The van der Waals surface area contributed by atoms with Crippen LogP contribution in [0.1, 0.15) is 58.3 Å². The summed E-state index contributed by atoms with van der Waals surface area (Å²) in [6.45, 7) is 1.90. The fraction of sp³-hybridized carbons (Fsp3) is 0.611. The number of allylic oxidation sites excluding steroid dienone is 5. The number of carbonyl (C=O) groups excluding carboxylic acids is 1. The van der Waals surface area contributed by atoms with Crippen molar-refractivity contribution in [2.75, 3.05) is 0 Å². The third-order valence-electron chi connectivity index (χ3n) is 3.54. The van der Waals surface area contributed by atoms with Crippen LogP contribution < -0.4 is 0 Å². The van der Waals surface area contributed by atoms with Gasteiger partial charge in [0.15, 0.2) is 0 Å². The van der Waals surface area contributed by atoms with Gasteiger partial charge in [0, 0.05) is 12.8 Å². The maximum absolute atomic E-state index is 11.8. The van der Waals surface area contributed by atoms with Crippen molar-refractivity contribution in [2.45, 2.75) is 70.5 Å². The van der Waals surface area contributed by atoms with Crippen molar-refractivity contribution in [3.63, 3.8) is 0 Å². The lowest BCUT2D eigenvalue weighted by Crippen LogP contribution is -2.30. The molecule has 0 saturated heterocycles. The molecule has 0 amide bonds. The molecule has 0 aromatic rings. The van der Waals surface area contributed by atoms with E-state index in [1.807, 2.05) is 13.0 Å². The Kier molecular flexibility index (Phi) is 9.55. The van der Waals surface area contributed by atoms with Crippen LogP contribution in [0.5, 0.6) is 0 Å². The molecule has 2 atom stereocenters. The molecule has 0 aliphatic carbocycles. The summed E-state index contributed by atoms with van der Waals surface area (Å²) >= 11 is 0. The molecule has 0 saturated carbocycles. The van der Waals surface area contributed by atoms with E-state index < -0.39 is 12.2 Å². The Balaban J connectivity index is 2.60. The minimum atomic E-state index is -0.587. The molecule has 1 rings (SSSR count). The topological polar surface area (TPSA) is 46.5 Å². The average molecular weight is 292 g/mol. The fourth-order valence-corrected chi connectivity index (χ4v) is 2.20. The van der Waals surface area contributed by atoms with Crippen LogP contribution in [0.15, 0.2) is 36.5 Å². The van der Waals surface area contributed by atoms with Crippen molar-refractivity contribution in [1.29, 1.82) is 0 Å². The van der Waals surface area contributed by atoms with Crippen LogP contribution in [0.3, 0.4) is 0 Å². The van der Waals surface area contributed by atoms with Crippen LogP contribution in [-0.2, 0) is 9.53 Å². The molecule has 0 aromatic heterocycles. The molecule has 0 aromatic carbocycles. The van der Waals surface area contributed by atoms with Crippen molar-refractivity contribution < 1.29 is 14.6 Å². The van der Waals surface area contributed by atoms with E-state index >= 15 is 0 Å². The molecule has 1 aliphatic rings. The van der Waals surface area contributed by atoms with Gasteiger partial charge in [-0.15, -0.1) is 0 Å². The van der Waals surface area contributed by atoms with Gasteiger partial charge in [0.1, 0.15) is 6.10 Å². The number of hydrogen-bond donors (Lipinski definition) is 1. The first-order valence-electron chi connectivity index (χ1n) is 8.06. The highest BCUT2D eigenvalue weighted by Crippen LogP contribution is 2.12. The lowest BCUT2D eigenvalue weighted by Gasteiger charge is -2.21. The molecule has 0 unspecified atom stereocenters. The summed E-state index contributed by atoms with van der Waals surface area (Å²) in [7, 11) is 0. The van der Waals surface area contributed by atoms with Gasteiger partial charge in [-0.25, -0.2) is 0 Å². The summed E-state index contributed by atoms with van der Waals surface area (Å²) in [6.07, 6.45) is 17.9. The van der Waals surface area contributed by atoms with E-state index in [0.29, 0.717) is 19.3 Å². The maximum atomic E-state index is 11.8. The third kappa shape index (κ3) is 8.51. The predicted octanol–water partition coefficient (Wildman–Crippen LogP) is 4.08. The van der Waals surface area contributed by atoms with E-state index in [-0.39, 0.29) is 5.97 Å². The van der Waals surface area contributed by atoms with Gasteiger partial charge in [-0.1, -0.05) is 43.4 Å². The maximum Gasteiger partial charge on any atom is 0.306 e. The van der Waals surface area contributed by atoms with Gasteiger partial charge in [-0.2, -0.15) is 0 Å². The number of cyclic esters (lactones) is 1. The second-order valence-corrected chi connectivity index (χ2v) is 5.37. The normalized spacial score (nSPS) is 28.3. The zero-order valence-electron chi connectivity index (χ0n) is 13.0. The van der Waals surface area contributed by atoms with Crippen LogP contribution >= 0.6 is 0 Å². The van der Waals surface area contributed by atoms with E-state index in [0.717, 1.165) is 32.1 Å². The van der Waals surface area contributed by atoms with Crippen LogP contribution in [0.25, 0.3) is 0 Å². The lowest BCUT2D eigenvalue weighted by atomic mass is 10.1. The number of hydrogen-bond acceptors (Lipinski definition) is 3. The molecule has 21 heavy (non-hydrogen) atoms. The predicted molar refractivity (Wildman–Crippen MR) is 85.9 cm³/mol. The molecule has 1 N–H and O–H groups in total. The highest BCUT2D eigenvalue weighted by molar-refractivity contribution is 5.69. The zero-order valence-corrected chi connectivity index (χ0v) is 13.0. The van der Waals surface area contributed by atoms with E-state index in [4.69, 9.17) is 4.74 Å². The quantitative estimate of drug-likeness (QED) is 0.616. The Labute approximate surface area is 128 Å². The van der Waals surface area contributed by atoms with Crippen LogP contribution in [0, 0.1) is 0 Å². The Bertz CT molecular complexity index is 369. The van der Waals surface area contributed by atoms with Crippen molar-refractivity contribution >= 4 is 5.97 Å². The van der Waals surface area contributed by atoms with E-state index in [1.54, 1.807) is 0 Å². The van der Waals surface area contributed by atoms with E-state index in [2.05, 4.69) is 30.4 Å². The number of esters is 1. The van der Waals surface area contributed by atoms with Gasteiger partial charge in [0.05, 0.1) is 6.10 Å². The summed E-state index contributed by atoms with van der Waals surface area (Å²) < 4.78 is 5.43. The largest absolute Gasteiger partial charge is 0.459 e. The highest BCUT2D eigenvalue weighted by atomic mass is 16.6. The fourth-order valence-electron chi connectivity index (χ4n) is 2.20. The van der Waals surface area contributed by atoms with Crippen molar-refractivity contribution in [2.24, 2.45) is 0 Å². The molecule has 1 aliphatic heterocycles. The second kappa shape index (κ2) is 11.3. The highest BCUT2D eigenvalue weighted by Gasteiger charge is 2.20. The van der Waals surface area contributed by atoms with Gasteiger partial charge in [0.25, 0.3) is 0 Å². The Hall–Kier alpha value is -1.35. The molecule has 0 bridgehead atoms. The summed E-state index contributed by atoms with van der Waals surface area (Å²) in [6, 6.07) is 0. The summed E-state index contributed by atoms with van der Waals surface area (Å²) in [5.41, 5.74) is 0. The number of carbonyl (C=O) groups is 1. The number of rotatable bonds is 2. The molecular formula is C18H28O3. The van der Waals surface area contributed by atoms with Gasteiger partial charge >= 0.3 is 5.97 Å². The SMILES string of the molecule is CC[C@H](O)[C@@H]1C/C=C\C/C=C\C/C=C\CCCCC(=O)O1. The van der Waals surface area contributed by atoms with Crippen molar-refractivity contribution in [1.82, 2.24) is 0 Å². The summed E-state index contributed by atoms with van der Waals surface area (Å²) in [5.74, 6) is -0.197. The average Bonchev–Trinajstić information content (AvgIpc) is 2.48. The minimum absolute atomic E-state index is 0.197. The molecule has 1 heterocycles. The minimum Gasteiger partial charge on any atom is -0.459 e. The molecular weight excluding hydrogens is 264 g/mol. The zero-order chi connectivity index (χ0) is 15.3. The standard InChI is InChI=1S/C18H28O3/c1-2-16(19)17-14-12-10-8-6-4-3-5-7-9-11-13-15-18(20)21-17/h4-7,10,12,16-17,19H,2-3,8-9,11,13-15H2,1H3/b6-4-,7-5-,12-10-/t16-,17-/m0/s1. The van der Waals surface area contributed by atoms with Crippen molar-refractivity contribution in [3.05, 3.63) is 36.5 Å². The Morgan fingerprint density at radius 2 is 1.81 bits per heavy atom. The smallest absolute Gasteiger partial charge is 0.306 e. The van der Waals surface area contributed by atoms with E-state index in [9.17, 15) is 9.90 Å². The second-order valence-electron chi connectivity index (χ2n) is 5.37. The van der Waals surface area contributed by atoms with Crippen molar-refractivity contribution in [3.8, 4) is 0 Å².